The molecule has 18 heavy (non-hydrogen) atoms. The minimum atomic E-state index is -0.357. The first-order chi connectivity index (χ1) is 8.61. The highest BCUT2D eigenvalue weighted by molar-refractivity contribution is 5.59. The van der Waals surface area contributed by atoms with Gasteiger partial charge in [-0.2, -0.15) is 4.98 Å². The van der Waals surface area contributed by atoms with Crippen LogP contribution in [0.2, 0.25) is 0 Å². The summed E-state index contributed by atoms with van der Waals surface area (Å²) in [5, 5.41) is 3.86. The standard InChI is InChI=1S/C13H14FN3O/c1-3-4-11(15)13-16-12(17-18-13)10-6-5-9(14)7-8(10)2/h3,5-7,11H,1,4,15H2,2H3. The van der Waals surface area contributed by atoms with Crippen molar-refractivity contribution in [3.8, 4) is 11.4 Å². The summed E-state index contributed by atoms with van der Waals surface area (Å²) in [5.41, 5.74) is 7.31. The van der Waals surface area contributed by atoms with Gasteiger partial charge in [0.15, 0.2) is 0 Å². The van der Waals surface area contributed by atoms with Crippen LogP contribution in [0.1, 0.15) is 23.9 Å². The number of hydrogen-bond acceptors (Lipinski definition) is 4. The van der Waals surface area contributed by atoms with Crippen molar-refractivity contribution < 1.29 is 8.91 Å². The van der Waals surface area contributed by atoms with E-state index in [0.717, 1.165) is 11.1 Å². The zero-order chi connectivity index (χ0) is 13.1. The summed E-state index contributed by atoms with van der Waals surface area (Å²) in [6.45, 7) is 5.39. The van der Waals surface area contributed by atoms with Crippen molar-refractivity contribution in [3.63, 3.8) is 0 Å². The Balaban J connectivity index is 2.32. The molecule has 0 radical (unpaired) electrons. The van der Waals surface area contributed by atoms with Crippen molar-refractivity contribution in [2.24, 2.45) is 5.73 Å². The molecule has 2 N–H and O–H groups in total. The highest BCUT2D eigenvalue weighted by atomic mass is 19.1. The molecular formula is C13H14FN3O. The van der Waals surface area contributed by atoms with Crippen molar-refractivity contribution in [3.05, 3.63) is 48.1 Å². The molecule has 2 rings (SSSR count). The van der Waals surface area contributed by atoms with Gasteiger partial charge in [0.1, 0.15) is 5.82 Å². The maximum atomic E-state index is 13.0. The van der Waals surface area contributed by atoms with Crippen LogP contribution in [0.3, 0.4) is 0 Å². The minimum absolute atomic E-state index is 0.289. The lowest BCUT2D eigenvalue weighted by molar-refractivity contribution is 0.356. The van der Waals surface area contributed by atoms with Crippen LogP contribution in [-0.2, 0) is 0 Å². The molecule has 1 atom stereocenters. The van der Waals surface area contributed by atoms with Gasteiger partial charge in [-0.05, 0) is 37.1 Å². The monoisotopic (exact) mass is 247 g/mol. The molecule has 0 saturated carbocycles. The zero-order valence-corrected chi connectivity index (χ0v) is 10.1. The van der Waals surface area contributed by atoms with Crippen molar-refractivity contribution in [1.82, 2.24) is 10.1 Å². The van der Waals surface area contributed by atoms with Gasteiger partial charge < -0.3 is 10.3 Å². The number of hydrogen-bond donors (Lipinski definition) is 1. The van der Waals surface area contributed by atoms with Gasteiger partial charge in [0, 0.05) is 5.56 Å². The van der Waals surface area contributed by atoms with Gasteiger partial charge in [-0.15, -0.1) is 6.58 Å². The molecule has 0 aliphatic carbocycles. The number of halogens is 1. The van der Waals surface area contributed by atoms with E-state index >= 15 is 0 Å². The summed E-state index contributed by atoms with van der Waals surface area (Å²) in [7, 11) is 0. The summed E-state index contributed by atoms with van der Waals surface area (Å²) in [6.07, 6.45) is 2.25. The molecule has 0 amide bonds. The molecule has 0 saturated heterocycles. The fourth-order valence-corrected chi connectivity index (χ4v) is 1.65. The molecule has 0 fully saturated rings. The van der Waals surface area contributed by atoms with Crippen molar-refractivity contribution in [1.29, 1.82) is 0 Å². The summed E-state index contributed by atoms with van der Waals surface area (Å²) >= 11 is 0. The molecular weight excluding hydrogens is 233 g/mol. The Kier molecular flexibility index (Phi) is 3.53. The van der Waals surface area contributed by atoms with Gasteiger partial charge in [-0.25, -0.2) is 4.39 Å². The second-order valence-corrected chi connectivity index (χ2v) is 4.05. The molecule has 0 aliphatic rings. The summed E-state index contributed by atoms with van der Waals surface area (Å²) < 4.78 is 18.1. The number of rotatable bonds is 4. The number of nitrogens with zero attached hydrogens (tertiary/aromatic N) is 2. The van der Waals surface area contributed by atoms with E-state index < -0.39 is 0 Å². The highest BCUT2D eigenvalue weighted by Gasteiger charge is 2.15. The third kappa shape index (κ3) is 2.46. The largest absolute Gasteiger partial charge is 0.337 e. The summed E-state index contributed by atoms with van der Waals surface area (Å²) in [6, 6.07) is 4.06. The fourth-order valence-electron chi connectivity index (χ4n) is 1.65. The number of aryl methyl sites for hydroxylation is 1. The van der Waals surface area contributed by atoms with Gasteiger partial charge in [-0.1, -0.05) is 11.2 Å². The number of benzene rings is 1. The van der Waals surface area contributed by atoms with E-state index in [1.807, 2.05) is 0 Å². The first-order valence-corrected chi connectivity index (χ1v) is 5.58. The number of nitrogens with two attached hydrogens (primary N) is 1. The average molecular weight is 247 g/mol. The quantitative estimate of drug-likeness (QED) is 0.844. The van der Waals surface area contributed by atoms with Crippen LogP contribution in [0.25, 0.3) is 11.4 Å². The molecule has 4 nitrogen and oxygen atoms in total. The minimum Gasteiger partial charge on any atom is -0.337 e. The van der Waals surface area contributed by atoms with Crippen molar-refractivity contribution >= 4 is 0 Å². The first kappa shape index (κ1) is 12.4. The van der Waals surface area contributed by atoms with Crippen LogP contribution in [0.5, 0.6) is 0 Å². The predicted molar refractivity (Wildman–Crippen MR) is 66.2 cm³/mol. The average Bonchev–Trinajstić information content (AvgIpc) is 2.78. The number of aromatic nitrogens is 2. The Morgan fingerprint density at radius 2 is 2.33 bits per heavy atom. The Morgan fingerprint density at radius 1 is 1.56 bits per heavy atom. The van der Waals surface area contributed by atoms with Crippen LogP contribution < -0.4 is 5.73 Å². The Labute approximate surface area is 104 Å². The lowest BCUT2D eigenvalue weighted by Gasteiger charge is -2.01. The second-order valence-electron chi connectivity index (χ2n) is 4.05. The molecule has 2 aromatic rings. The van der Waals surface area contributed by atoms with E-state index in [2.05, 4.69) is 16.7 Å². The molecule has 1 aromatic heterocycles. The molecule has 1 aromatic carbocycles. The normalized spacial score (nSPS) is 12.4. The van der Waals surface area contributed by atoms with Crippen molar-refractivity contribution in [2.45, 2.75) is 19.4 Å². The predicted octanol–water partition coefficient (Wildman–Crippen LogP) is 2.76. The molecule has 1 heterocycles. The smallest absolute Gasteiger partial charge is 0.244 e. The fraction of sp³-hybridized carbons (Fsp3) is 0.231. The lowest BCUT2D eigenvalue weighted by atomic mass is 10.1. The maximum absolute atomic E-state index is 13.0. The highest BCUT2D eigenvalue weighted by Crippen LogP contribution is 2.23. The summed E-state index contributed by atoms with van der Waals surface area (Å²) in [4.78, 5) is 4.22. The van der Waals surface area contributed by atoms with Gasteiger partial charge in [0.05, 0.1) is 6.04 Å². The van der Waals surface area contributed by atoms with Crippen LogP contribution >= 0.6 is 0 Å². The molecule has 0 bridgehead atoms. The Bertz CT molecular complexity index is 565. The van der Waals surface area contributed by atoms with E-state index in [1.165, 1.54) is 12.1 Å². The van der Waals surface area contributed by atoms with E-state index in [-0.39, 0.29) is 11.9 Å². The lowest BCUT2D eigenvalue weighted by Crippen LogP contribution is -2.09. The van der Waals surface area contributed by atoms with Crippen LogP contribution in [0.15, 0.2) is 35.4 Å². The maximum Gasteiger partial charge on any atom is 0.244 e. The molecule has 94 valence electrons. The summed E-state index contributed by atoms with van der Waals surface area (Å²) in [5.74, 6) is 0.485. The van der Waals surface area contributed by atoms with Crippen LogP contribution in [-0.4, -0.2) is 10.1 Å². The van der Waals surface area contributed by atoms with Gasteiger partial charge in [0.2, 0.25) is 11.7 Å². The van der Waals surface area contributed by atoms with Crippen LogP contribution in [0.4, 0.5) is 4.39 Å². The third-order valence-corrected chi connectivity index (χ3v) is 2.61. The second kappa shape index (κ2) is 5.10. The first-order valence-electron chi connectivity index (χ1n) is 5.58. The van der Waals surface area contributed by atoms with E-state index in [9.17, 15) is 4.39 Å². The molecule has 5 heteroatoms. The molecule has 1 unspecified atom stereocenters. The Hall–Kier alpha value is -2.01. The van der Waals surface area contributed by atoms with Gasteiger partial charge in [-0.3, -0.25) is 0 Å². The van der Waals surface area contributed by atoms with E-state index in [4.69, 9.17) is 10.3 Å². The van der Waals surface area contributed by atoms with E-state index in [1.54, 1.807) is 19.1 Å². The third-order valence-electron chi connectivity index (χ3n) is 2.61. The van der Waals surface area contributed by atoms with Gasteiger partial charge in [0.25, 0.3) is 0 Å². The van der Waals surface area contributed by atoms with Gasteiger partial charge >= 0.3 is 0 Å². The molecule has 0 aliphatic heterocycles. The van der Waals surface area contributed by atoms with Crippen LogP contribution in [0, 0.1) is 12.7 Å². The zero-order valence-electron chi connectivity index (χ0n) is 10.1. The molecule has 0 spiro atoms. The topological polar surface area (TPSA) is 64.9 Å². The van der Waals surface area contributed by atoms with E-state index in [0.29, 0.717) is 18.1 Å². The van der Waals surface area contributed by atoms with Crippen molar-refractivity contribution in [2.75, 3.05) is 0 Å². The Morgan fingerprint density at radius 3 is 3.00 bits per heavy atom. The SMILES string of the molecule is C=CCC(N)c1nc(-c2ccc(F)cc2C)no1.